The molecule has 0 N–H and O–H groups in total. The SMILES string of the molecule is CC(C)P(C(=Cc1ccccc1)c1ccccc1)C(C)C.[Cl-].[Cl-].[Cl-].[Cl-].[Zr+4]. The molecule has 0 spiro atoms. The van der Waals surface area contributed by atoms with E-state index in [1.807, 2.05) is 0 Å². The van der Waals surface area contributed by atoms with Gasteiger partial charge in [0.15, 0.2) is 0 Å². The average Bonchev–Trinajstić information content (AvgIpc) is 2.48. The van der Waals surface area contributed by atoms with Crippen molar-refractivity contribution in [3.63, 3.8) is 0 Å². The third kappa shape index (κ3) is 10.3. The maximum atomic E-state index is 2.39. The second-order valence-corrected chi connectivity index (χ2v) is 9.26. The fourth-order valence-corrected chi connectivity index (χ4v) is 5.83. The maximum Gasteiger partial charge on any atom is 4.00 e. The minimum atomic E-state index is -0.181. The summed E-state index contributed by atoms with van der Waals surface area (Å²) in [7, 11) is -0.181. The van der Waals surface area contributed by atoms with Crippen LogP contribution >= 0.6 is 7.92 Å². The fourth-order valence-electron chi connectivity index (χ4n) is 2.78. The van der Waals surface area contributed by atoms with Crippen LogP contribution < -0.4 is 49.6 Å². The molecule has 0 fully saturated rings. The minimum absolute atomic E-state index is 0. The molecule has 0 unspecified atom stereocenters. The first-order chi connectivity index (χ1) is 10.1. The summed E-state index contributed by atoms with van der Waals surface area (Å²) in [5.74, 6) is 0. The van der Waals surface area contributed by atoms with Gasteiger partial charge >= 0.3 is 26.2 Å². The molecule has 0 aliphatic rings. The van der Waals surface area contributed by atoms with Crippen LogP contribution in [0.15, 0.2) is 60.7 Å². The number of hydrogen-bond acceptors (Lipinski definition) is 0. The molecule has 2 aromatic carbocycles. The first-order valence-corrected chi connectivity index (χ1v) is 9.18. The van der Waals surface area contributed by atoms with Gasteiger partial charge in [-0.15, -0.1) is 0 Å². The monoisotopic (exact) mass is 526 g/mol. The summed E-state index contributed by atoms with van der Waals surface area (Å²) in [6.07, 6.45) is 2.39. The predicted molar refractivity (Wildman–Crippen MR) is 97.9 cm³/mol. The number of benzene rings is 2. The predicted octanol–water partition coefficient (Wildman–Crippen LogP) is -5.50. The fraction of sp³-hybridized carbons (Fsp3) is 0.300. The van der Waals surface area contributed by atoms with Crippen molar-refractivity contribution in [2.45, 2.75) is 39.0 Å². The zero-order valence-corrected chi connectivity index (χ0v) is 21.8. The van der Waals surface area contributed by atoms with Gasteiger partial charge in [0.05, 0.1) is 0 Å². The quantitative estimate of drug-likeness (QED) is 0.268. The van der Waals surface area contributed by atoms with Crippen molar-refractivity contribution in [3.05, 3.63) is 71.8 Å². The third-order valence-corrected chi connectivity index (χ3v) is 6.73. The molecule has 0 bridgehead atoms. The van der Waals surface area contributed by atoms with Crippen molar-refractivity contribution in [1.29, 1.82) is 0 Å². The van der Waals surface area contributed by atoms with Gasteiger partial charge in [0, 0.05) is 0 Å². The van der Waals surface area contributed by atoms with Crippen molar-refractivity contribution < 1.29 is 75.8 Å². The summed E-state index contributed by atoms with van der Waals surface area (Å²) < 4.78 is 0. The Morgan fingerprint density at radius 1 is 0.692 bits per heavy atom. The third-order valence-electron chi connectivity index (χ3n) is 3.56. The molecule has 0 heterocycles. The molecule has 0 aliphatic heterocycles. The Morgan fingerprint density at radius 2 is 1.08 bits per heavy atom. The van der Waals surface area contributed by atoms with Crippen LogP contribution in [0.3, 0.4) is 0 Å². The van der Waals surface area contributed by atoms with E-state index in [1.54, 1.807) is 0 Å². The van der Waals surface area contributed by atoms with Gasteiger partial charge in [0.2, 0.25) is 0 Å². The van der Waals surface area contributed by atoms with E-state index in [0.717, 1.165) is 0 Å². The molecule has 142 valence electrons. The summed E-state index contributed by atoms with van der Waals surface area (Å²) in [5, 5.41) is 1.52. The largest absolute Gasteiger partial charge is 4.00 e. The van der Waals surface area contributed by atoms with Gasteiger partial charge in [-0.2, -0.15) is 0 Å². The Morgan fingerprint density at radius 3 is 1.46 bits per heavy atom. The Labute approximate surface area is 204 Å². The van der Waals surface area contributed by atoms with Crippen LogP contribution in [0, 0.1) is 0 Å². The van der Waals surface area contributed by atoms with Gasteiger partial charge in [-0.05, 0) is 33.8 Å². The summed E-state index contributed by atoms with van der Waals surface area (Å²) in [5.41, 5.74) is 4.05. The molecule has 26 heavy (non-hydrogen) atoms. The van der Waals surface area contributed by atoms with E-state index in [1.165, 1.54) is 16.4 Å². The van der Waals surface area contributed by atoms with Crippen LogP contribution in [0.2, 0.25) is 0 Å². The summed E-state index contributed by atoms with van der Waals surface area (Å²) in [4.78, 5) is 0. The van der Waals surface area contributed by atoms with E-state index in [9.17, 15) is 0 Å². The van der Waals surface area contributed by atoms with Crippen molar-refractivity contribution >= 4 is 19.3 Å². The Balaban J connectivity index is -0.000000484. The molecule has 0 amide bonds. The van der Waals surface area contributed by atoms with Crippen LogP contribution in [0.1, 0.15) is 38.8 Å². The van der Waals surface area contributed by atoms with E-state index in [2.05, 4.69) is 94.4 Å². The number of hydrogen-bond donors (Lipinski definition) is 0. The first kappa shape index (κ1) is 34.2. The van der Waals surface area contributed by atoms with Crippen LogP contribution in [0.5, 0.6) is 0 Å². The van der Waals surface area contributed by atoms with Crippen molar-refractivity contribution in [1.82, 2.24) is 0 Å². The van der Waals surface area contributed by atoms with Gasteiger partial charge in [-0.1, -0.05) is 96.3 Å². The zero-order chi connectivity index (χ0) is 15.2. The molecule has 0 aliphatic carbocycles. The molecular formula is C20H25Cl4PZr. The van der Waals surface area contributed by atoms with E-state index in [4.69, 9.17) is 0 Å². The Bertz CT molecular complexity index is 581. The van der Waals surface area contributed by atoms with Gasteiger partial charge in [-0.3, -0.25) is 0 Å². The summed E-state index contributed by atoms with van der Waals surface area (Å²) >= 11 is 0. The molecule has 0 atom stereocenters. The molecule has 0 nitrogen and oxygen atoms in total. The Hall–Kier alpha value is 0.653. The Kier molecular flexibility index (Phi) is 23.3. The summed E-state index contributed by atoms with van der Waals surface area (Å²) in [6, 6.07) is 21.6. The standard InChI is InChI=1S/C20H25P.4ClH.Zr/c1-16(2)21(17(3)4)20(19-13-9-6-10-14-19)15-18-11-7-5-8-12-18;;;;;/h5-17H,1-4H3;4*1H;/q;;;;;+4/p-4. The van der Waals surface area contributed by atoms with Gasteiger partial charge < -0.3 is 49.6 Å². The number of rotatable bonds is 5. The number of halogens is 4. The smallest absolute Gasteiger partial charge is 1.00 e. The van der Waals surface area contributed by atoms with Gasteiger partial charge in [0.1, 0.15) is 0 Å². The molecule has 0 saturated heterocycles. The molecular weight excluding hydrogens is 504 g/mol. The molecule has 2 rings (SSSR count). The van der Waals surface area contributed by atoms with Crippen LogP contribution in [-0.2, 0) is 26.2 Å². The molecule has 0 radical (unpaired) electrons. The maximum absolute atomic E-state index is 2.39. The molecule has 2 aromatic rings. The van der Waals surface area contributed by atoms with E-state index in [-0.39, 0.29) is 83.8 Å². The van der Waals surface area contributed by atoms with Crippen molar-refractivity contribution in [2.75, 3.05) is 0 Å². The first-order valence-electron chi connectivity index (χ1n) is 7.70. The topological polar surface area (TPSA) is 0 Å². The van der Waals surface area contributed by atoms with Crippen LogP contribution in [0.25, 0.3) is 11.4 Å². The van der Waals surface area contributed by atoms with E-state index >= 15 is 0 Å². The van der Waals surface area contributed by atoms with Gasteiger partial charge in [0.25, 0.3) is 0 Å². The second-order valence-electron chi connectivity index (χ2n) is 5.90. The molecule has 0 aromatic heterocycles. The molecule has 0 saturated carbocycles. The van der Waals surface area contributed by atoms with Crippen LogP contribution in [-0.4, -0.2) is 11.3 Å². The van der Waals surface area contributed by atoms with E-state index in [0.29, 0.717) is 11.3 Å². The van der Waals surface area contributed by atoms with E-state index < -0.39 is 0 Å². The normalized spacial score (nSPS) is 10.0. The van der Waals surface area contributed by atoms with Crippen molar-refractivity contribution in [3.8, 4) is 0 Å². The molecule has 6 heteroatoms. The second kappa shape index (κ2) is 17.7. The van der Waals surface area contributed by atoms with Crippen molar-refractivity contribution in [2.24, 2.45) is 0 Å². The average molecular weight is 529 g/mol. The van der Waals surface area contributed by atoms with Crippen LogP contribution in [0.4, 0.5) is 0 Å². The zero-order valence-electron chi connectivity index (χ0n) is 15.5. The minimum Gasteiger partial charge on any atom is -1.00 e. The summed E-state index contributed by atoms with van der Waals surface area (Å²) in [6.45, 7) is 9.42. The van der Waals surface area contributed by atoms with Gasteiger partial charge in [-0.25, -0.2) is 0 Å².